The molecule has 5 N–H and O–H groups in total. The van der Waals surface area contributed by atoms with Crippen LogP contribution < -0.4 is 5.73 Å². The third kappa shape index (κ3) is 1.28. The van der Waals surface area contributed by atoms with Gasteiger partial charge in [0.15, 0.2) is 6.29 Å². The Kier molecular flexibility index (Phi) is 2.22. The van der Waals surface area contributed by atoms with E-state index in [0.717, 1.165) is 0 Å². The predicted molar refractivity (Wildman–Crippen MR) is 31.9 cm³/mol. The van der Waals surface area contributed by atoms with Gasteiger partial charge in [0.05, 0.1) is 12.6 Å². The molecule has 1 fully saturated rings. The molecule has 5 nitrogen and oxygen atoms in total. The highest BCUT2D eigenvalue weighted by Crippen LogP contribution is 2.10. The molecule has 0 bridgehead atoms. The van der Waals surface area contributed by atoms with Crippen LogP contribution in [-0.4, -0.2) is 46.5 Å². The van der Waals surface area contributed by atoms with E-state index in [-0.39, 0.29) is 6.61 Å². The van der Waals surface area contributed by atoms with Crippen molar-refractivity contribution in [3.63, 3.8) is 0 Å². The van der Waals surface area contributed by atoms with Crippen molar-refractivity contribution >= 4 is 0 Å². The van der Waals surface area contributed by atoms with E-state index in [1.807, 2.05) is 0 Å². The molecule has 5 heteroatoms. The van der Waals surface area contributed by atoms with Gasteiger partial charge in [0.25, 0.3) is 0 Å². The van der Waals surface area contributed by atoms with Gasteiger partial charge in [-0.1, -0.05) is 0 Å². The fraction of sp³-hybridized carbons (Fsp3) is 1.00. The Morgan fingerprint density at radius 3 is 2.40 bits per heavy atom. The number of ether oxygens (including phenoxy) is 1. The Morgan fingerprint density at radius 2 is 1.90 bits per heavy atom. The minimum Gasteiger partial charge on any atom is -0.389 e. The van der Waals surface area contributed by atoms with Crippen LogP contribution >= 0.6 is 0 Å². The molecule has 1 heterocycles. The number of hydrogen-bond acceptors (Lipinski definition) is 5. The number of aliphatic hydroxyl groups is 3. The van der Waals surface area contributed by atoms with E-state index in [1.165, 1.54) is 0 Å². The molecule has 10 heavy (non-hydrogen) atoms. The van der Waals surface area contributed by atoms with E-state index in [0.29, 0.717) is 0 Å². The fourth-order valence-corrected chi connectivity index (χ4v) is 0.832. The second-order valence-electron chi connectivity index (χ2n) is 2.36. The van der Waals surface area contributed by atoms with Crippen molar-refractivity contribution in [2.75, 3.05) is 6.61 Å². The number of aliphatic hydroxyl groups excluding tert-OH is 3. The summed E-state index contributed by atoms with van der Waals surface area (Å²) in [5, 5.41) is 26.7. The molecular formula is C5H11NO4. The van der Waals surface area contributed by atoms with Crippen LogP contribution in [0.4, 0.5) is 0 Å². The fourth-order valence-electron chi connectivity index (χ4n) is 0.832. The first-order valence-electron chi connectivity index (χ1n) is 3.04. The summed E-state index contributed by atoms with van der Waals surface area (Å²) in [7, 11) is 0. The van der Waals surface area contributed by atoms with Gasteiger partial charge in [0.2, 0.25) is 0 Å². The molecule has 60 valence electrons. The van der Waals surface area contributed by atoms with Crippen molar-refractivity contribution in [1.82, 2.24) is 0 Å². The quantitative estimate of drug-likeness (QED) is 0.302. The molecule has 0 amide bonds. The summed E-state index contributed by atoms with van der Waals surface area (Å²) in [5.41, 5.74) is 5.23. The second-order valence-corrected chi connectivity index (χ2v) is 2.36. The van der Waals surface area contributed by atoms with Crippen LogP contribution in [0.1, 0.15) is 0 Å². The van der Waals surface area contributed by atoms with Crippen LogP contribution in [0.2, 0.25) is 0 Å². The lowest BCUT2D eigenvalue weighted by Crippen LogP contribution is -2.57. The maximum absolute atomic E-state index is 9.00. The average Bonchev–Trinajstić information content (AvgIpc) is 1.93. The first-order chi connectivity index (χ1) is 4.63. The predicted octanol–water partition coefficient (Wildman–Crippen LogP) is -2.62. The minimum absolute atomic E-state index is 0.0734. The summed E-state index contributed by atoms with van der Waals surface area (Å²) in [6.07, 6.45) is -3.25. The van der Waals surface area contributed by atoms with Crippen LogP contribution in [0.15, 0.2) is 0 Å². The SMILES string of the molecule is N[C@@H]1[C@H](O)[C@H](O)CO[C@H]1O. The van der Waals surface area contributed by atoms with Gasteiger partial charge in [-0.05, 0) is 0 Å². The van der Waals surface area contributed by atoms with Crippen LogP contribution in [0.25, 0.3) is 0 Å². The third-order valence-electron chi connectivity index (χ3n) is 1.56. The third-order valence-corrected chi connectivity index (χ3v) is 1.56. The van der Waals surface area contributed by atoms with Crippen molar-refractivity contribution in [3.05, 3.63) is 0 Å². The summed E-state index contributed by atoms with van der Waals surface area (Å²) in [6.45, 7) is -0.0734. The average molecular weight is 149 g/mol. The Balaban J connectivity index is 2.52. The van der Waals surface area contributed by atoms with E-state index in [4.69, 9.17) is 21.1 Å². The van der Waals surface area contributed by atoms with E-state index >= 15 is 0 Å². The summed E-state index contributed by atoms with van der Waals surface area (Å²) >= 11 is 0. The molecule has 4 atom stereocenters. The van der Waals surface area contributed by atoms with Gasteiger partial charge in [0, 0.05) is 0 Å². The van der Waals surface area contributed by atoms with Crippen molar-refractivity contribution < 1.29 is 20.1 Å². The zero-order chi connectivity index (χ0) is 7.72. The lowest BCUT2D eigenvalue weighted by atomic mass is 10.0. The highest BCUT2D eigenvalue weighted by Gasteiger charge is 2.34. The van der Waals surface area contributed by atoms with Gasteiger partial charge in [-0.3, -0.25) is 0 Å². The smallest absolute Gasteiger partial charge is 0.172 e. The molecule has 1 aliphatic rings. The molecule has 0 unspecified atom stereocenters. The molecule has 0 aromatic carbocycles. The first kappa shape index (κ1) is 7.90. The van der Waals surface area contributed by atoms with Gasteiger partial charge in [-0.2, -0.15) is 0 Å². The van der Waals surface area contributed by atoms with Crippen LogP contribution in [0.5, 0.6) is 0 Å². The molecule has 1 saturated heterocycles. The molecule has 1 aliphatic heterocycles. The summed E-state index contributed by atoms with van der Waals surface area (Å²) in [5.74, 6) is 0. The lowest BCUT2D eigenvalue weighted by molar-refractivity contribution is -0.205. The molecule has 0 aliphatic carbocycles. The topological polar surface area (TPSA) is 95.9 Å². The standard InChI is InChI=1S/C5H11NO4/c6-3-4(8)2(7)1-10-5(3)9/h2-5,7-9H,1,6H2/t2-,3-,4-,5-/m1/s1. The Bertz CT molecular complexity index is 106. The first-order valence-corrected chi connectivity index (χ1v) is 3.04. The minimum atomic E-state index is -1.17. The second kappa shape index (κ2) is 2.81. The van der Waals surface area contributed by atoms with Gasteiger partial charge < -0.3 is 25.8 Å². The monoisotopic (exact) mass is 149 g/mol. The normalized spacial score (nSPS) is 49.2. The van der Waals surface area contributed by atoms with E-state index in [9.17, 15) is 0 Å². The highest BCUT2D eigenvalue weighted by atomic mass is 16.6. The Labute approximate surface area is 58.0 Å². The Morgan fingerprint density at radius 1 is 1.30 bits per heavy atom. The van der Waals surface area contributed by atoms with Gasteiger partial charge in [0.1, 0.15) is 12.2 Å². The van der Waals surface area contributed by atoms with Crippen LogP contribution in [-0.2, 0) is 4.74 Å². The largest absolute Gasteiger partial charge is 0.389 e. The number of nitrogens with two attached hydrogens (primary N) is 1. The zero-order valence-electron chi connectivity index (χ0n) is 5.34. The van der Waals surface area contributed by atoms with Gasteiger partial charge in [-0.15, -0.1) is 0 Å². The van der Waals surface area contributed by atoms with Gasteiger partial charge >= 0.3 is 0 Å². The summed E-state index contributed by atoms with van der Waals surface area (Å²) in [4.78, 5) is 0. The maximum Gasteiger partial charge on any atom is 0.172 e. The van der Waals surface area contributed by atoms with E-state index < -0.39 is 24.5 Å². The van der Waals surface area contributed by atoms with Crippen LogP contribution in [0, 0.1) is 0 Å². The van der Waals surface area contributed by atoms with Crippen molar-refractivity contribution in [1.29, 1.82) is 0 Å². The number of hydrogen-bond donors (Lipinski definition) is 4. The van der Waals surface area contributed by atoms with E-state index in [1.54, 1.807) is 0 Å². The van der Waals surface area contributed by atoms with E-state index in [2.05, 4.69) is 4.74 Å². The zero-order valence-corrected chi connectivity index (χ0v) is 5.34. The van der Waals surface area contributed by atoms with Gasteiger partial charge in [-0.25, -0.2) is 0 Å². The maximum atomic E-state index is 9.00. The molecule has 1 rings (SSSR count). The molecule has 0 aromatic heterocycles. The highest BCUT2D eigenvalue weighted by molar-refractivity contribution is 4.84. The summed E-state index contributed by atoms with van der Waals surface area (Å²) < 4.78 is 4.59. The van der Waals surface area contributed by atoms with Crippen molar-refractivity contribution in [2.45, 2.75) is 24.5 Å². The summed E-state index contributed by atoms with van der Waals surface area (Å²) in [6, 6.07) is -0.913. The molecule has 0 radical (unpaired) electrons. The molecule has 0 aromatic rings. The van der Waals surface area contributed by atoms with Crippen LogP contribution in [0.3, 0.4) is 0 Å². The molecular weight excluding hydrogens is 138 g/mol. The van der Waals surface area contributed by atoms with Crippen molar-refractivity contribution in [2.24, 2.45) is 5.73 Å². The number of rotatable bonds is 0. The molecule has 0 saturated carbocycles. The van der Waals surface area contributed by atoms with Crippen molar-refractivity contribution in [3.8, 4) is 0 Å². The molecule has 0 spiro atoms. The lowest BCUT2D eigenvalue weighted by Gasteiger charge is -2.32. The Hall–Kier alpha value is -0.200.